The van der Waals surface area contributed by atoms with E-state index in [-0.39, 0.29) is 0 Å². The molecule has 15 heavy (non-hydrogen) atoms. The first-order valence-electron chi connectivity index (χ1n) is 6.62. The van der Waals surface area contributed by atoms with E-state index in [0.717, 1.165) is 18.3 Å². The molecule has 1 fully saturated rings. The largest absolute Gasteiger partial charge is 0.0999 e. The number of allylic oxidation sites excluding steroid dienone is 1. The van der Waals surface area contributed by atoms with Crippen LogP contribution in [0.15, 0.2) is 12.2 Å². The second kappa shape index (κ2) is 5.18. The first-order valence-corrected chi connectivity index (χ1v) is 6.62. The van der Waals surface area contributed by atoms with Gasteiger partial charge in [-0.15, -0.1) is 0 Å². The molecule has 0 spiro atoms. The Morgan fingerprint density at radius 1 is 1.47 bits per heavy atom. The average molecular weight is 208 g/mol. The fourth-order valence-electron chi connectivity index (χ4n) is 3.36. The maximum atomic E-state index is 4.09. The fourth-order valence-corrected chi connectivity index (χ4v) is 3.36. The van der Waals surface area contributed by atoms with Crippen molar-refractivity contribution in [3.63, 3.8) is 0 Å². The zero-order valence-electron chi connectivity index (χ0n) is 11.1. The van der Waals surface area contributed by atoms with Crippen LogP contribution in [0.25, 0.3) is 0 Å². The average Bonchev–Trinajstić information content (AvgIpc) is 2.11. The summed E-state index contributed by atoms with van der Waals surface area (Å²) in [5.74, 6) is 1.86. The lowest BCUT2D eigenvalue weighted by atomic mass is 9.60. The molecular weight excluding hydrogens is 180 g/mol. The maximum absolute atomic E-state index is 4.09. The summed E-state index contributed by atoms with van der Waals surface area (Å²) in [7, 11) is 0. The summed E-state index contributed by atoms with van der Waals surface area (Å²) in [5.41, 5.74) is 2.10. The van der Waals surface area contributed by atoms with Gasteiger partial charge in [-0.2, -0.15) is 0 Å². The SMILES string of the molecule is C=C(CC)CCC(C)CC1(C)CC(C)C1. The molecule has 88 valence electrons. The Balaban J connectivity index is 2.18. The van der Waals surface area contributed by atoms with E-state index in [1.54, 1.807) is 0 Å². The van der Waals surface area contributed by atoms with Gasteiger partial charge in [0, 0.05) is 0 Å². The van der Waals surface area contributed by atoms with Crippen molar-refractivity contribution >= 4 is 0 Å². The van der Waals surface area contributed by atoms with Crippen molar-refractivity contribution in [1.29, 1.82) is 0 Å². The van der Waals surface area contributed by atoms with Crippen molar-refractivity contribution in [3.05, 3.63) is 12.2 Å². The highest BCUT2D eigenvalue weighted by Crippen LogP contribution is 2.49. The highest BCUT2D eigenvalue weighted by Gasteiger charge is 2.38. The van der Waals surface area contributed by atoms with Crippen molar-refractivity contribution in [2.45, 2.75) is 66.2 Å². The van der Waals surface area contributed by atoms with Gasteiger partial charge in [0.25, 0.3) is 0 Å². The summed E-state index contributed by atoms with van der Waals surface area (Å²) in [4.78, 5) is 0. The molecule has 1 rings (SSSR count). The minimum Gasteiger partial charge on any atom is -0.0999 e. The van der Waals surface area contributed by atoms with Crippen LogP contribution < -0.4 is 0 Å². The molecule has 0 saturated heterocycles. The molecule has 0 nitrogen and oxygen atoms in total. The van der Waals surface area contributed by atoms with E-state index in [0.29, 0.717) is 5.41 Å². The predicted molar refractivity (Wildman–Crippen MR) is 69.0 cm³/mol. The highest BCUT2D eigenvalue weighted by molar-refractivity contribution is 4.94. The third-order valence-corrected chi connectivity index (χ3v) is 4.01. The van der Waals surface area contributed by atoms with Crippen LogP contribution in [0.4, 0.5) is 0 Å². The van der Waals surface area contributed by atoms with Crippen LogP contribution in [0.5, 0.6) is 0 Å². The molecule has 1 aliphatic rings. The molecule has 1 unspecified atom stereocenters. The van der Waals surface area contributed by atoms with Crippen LogP contribution in [0.1, 0.15) is 66.2 Å². The zero-order valence-corrected chi connectivity index (χ0v) is 11.1. The van der Waals surface area contributed by atoms with Crippen molar-refractivity contribution < 1.29 is 0 Å². The van der Waals surface area contributed by atoms with E-state index in [2.05, 4.69) is 34.3 Å². The number of rotatable bonds is 6. The minimum absolute atomic E-state index is 0.673. The number of hydrogen-bond donors (Lipinski definition) is 0. The third kappa shape index (κ3) is 4.01. The van der Waals surface area contributed by atoms with E-state index < -0.39 is 0 Å². The van der Waals surface area contributed by atoms with Crippen molar-refractivity contribution in [2.24, 2.45) is 17.3 Å². The molecule has 0 radical (unpaired) electrons. The second-order valence-electron chi connectivity index (χ2n) is 6.28. The summed E-state index contributed by atoms with van der Waals surface area (Å²) in [6.45, 7) is 13.6. The van der Waals surface area contributed by atoms with Crippen LogP contribution in [-0.2, 0) is 0 Å². The summed E-state index contributed by atoms with van der Waals surface area (Å²) < 4.78 is 0. The lowest BCUT2D eigenvalue weighted by Gasteiger charge is -2.45. The van der Waals surface area contributed by atoms with Gasteiger partial charge in [-0.25, -0.2) is 0 Å². The summed E-state index contributed by atoms with van der Waals surface area (Å²) in [5, 5.41) is 0. The molecule has 0 aliphatic heterocycles. The van der Waals surface area contributed by atoms with Gasteiger partial charge in [-0.3, -0.25) is 0 Å². The van der Waals surface area contributed by atoms with Crippen molar-refractivity contribution in [2.75, 3.05) is 0 Å². The molecule has 1 atom stereocenters. The standard InChI is InChI=1S/C15H28/c1-6-12(2)7-8-13(3)9-15(5)10-14(4)11-15/h13-14H,2,6-11H2,1,3-5H3. The zero-order chi connectivity index (χ0) is 11.5. The van der Waals surface area contributed by atoms with Gasteiger partial charge >= 0.3 is 0 Å². The Bertz CT molecular complexity index is 208. The van der Waals surface area contributed by atoms with Gasteiger partial charge in [-0.1, -0.05) is 39.8 Å². The van der Waals surface area contributed by atoms with E-state index >= 15 is 0 Å². The molecule has 0 amide bonds. The molecule has 0 bridgehead atoms. The predicted octanol–water partition coefficient (Wildman–Crippen LogP) is 5.20. The van der Waals surface area contributed by atoms with E-state index in [1.807, 2.05) is 0 Å². The Morgan fingerprint density at radius 3 is 2.53 bits per heavy atom. The molecule has 0 aromatic heterocycles. The molecule has 0 heterocycles. The molecule has 0 heteroatoms. The van der Waals surface area contributed by atoms with E-state index in [4.69, 9.17) is 0 Å². The Hall–Kier alpha value is -0.260. The first kappa shape index (κ1) is 12.8. The van der Waals surface area contributed by atoms with Gasteiger partial charge in [0.1, 0.15) is 0 Å². The molecule has 0 aromatic rings. The smallest absolute Gasteiger partial charge is 0.0318 e. The number of hydrogen-bond acceptors (Lipinski definition) is 0. The van der Waals surface area contributed by atoms with Crippen LogP contribution in [0.3, 0.4) is 0 Å². The van der Waals surface area contributed by atoms with Gasteiger partial charge in [-0.05, 0) is 55.8 Å². The Kier molecular flexibility index (Phi) is 4.43. The van der Waals surface area contributed by atoms with E-state index in [9.17, 15) is 0 Å². The Morgan fingerprint density at radius 2 is 2.07 bits per heavy atom. The van der Waals surface area contributed by atoms with E-state index in [1.165, 1.54) is 37.7 Å². The molecule has 0 N–H and O–H groups in total. The quantitative estimate of drug-likeness (QED) is 0.527. The topological polar surface area (TPSA) is 0 Å². The normalized spacial score (nSPS) is 32.1. The summed E-state index contributed by atoms with van der Waals surface area (Å²) in [6.07, 6.45) is 8.06. The first-order chi connectivity index (χ1) is 6.95. The van der Waals surface area contributed by atoms with Gasteiger partial charge in [0.15, 0.2) is 0 Å². The summed E-state index contributed by atoms with van der Waals surface area (Å²) >= 11 is 0. The van der Waals surface area contributed by atoms with Gasteiger partial charge in [0.2, 0.25) is 0 Å². The monoisotopic (exact) mass is 208 g/mol. The summed E-state index contributed by atoms with van der Waals surface area (Å²) in [6, 6.07) is 0. The second-order valence-corrected chi connectivity index (χ2v) is 6.28. The van der Waals surface area contributed by atoms with Crippen molar-refractivity contribution in [1.82, 2.24) is 0 Å². The third-order valence-electron chi connectivity index (χ3n) is 4.01. The fraction of sp³-hybridized carbons (Fsp3) is 0.867. The Labute approximate surface area is 96.2 Å². The maximum Gasteiger partial charge on any atom is -0.0318 e. The van der Waals surface area contributed by atoms with Crippen LogP contribution in [0, 0.1) is 17.3 Å². The van der Waals surface area contributed by atoms with Gasteiger partial charge in [0.05, 0.1) is 0 Å². The highest BCUT2D eigenvalue weighted by atomic mass is 14.4. The van der Waals surface area contributed by atoms with Gasteiger partial charge < -0.3 is 0 Å². The minimum atomic E-state index is 0.673. The van der Waals surface area contributed by atoms with Crippen LogP contribution in [-0.4, -0.2) is 0 Å². The van der Waals surface area contributed by atoms with Crippen molar-refractivity contribution in [3.8, 4) is 0 Å². The lowest BCUT2D eigenvalue weighted by molar-refractivity contribution is 0.0586. The van der Waals surface area contributed by atoms with Crippen LogP contribution >= 0.6 is 0 Å². The lowest BCUT2D eigenvalue weighted by Crippen LogP contribution is -2.34. The molecular formula is C15H28. The molecule has 0 aromatic carbocycles. The molecule has 1 aliphatic carbocycles. The molecule has 1 saturated carbocycles. The van der Waals surface area contributed by atoms with Crippen LogP contribution in [0.2, 0.25) is 0 Å².